The van der Waals surface area contributed by atoms with Crippen LogP contribution in [0.15, 0.2) is 11.7 Å². The van der Waals surface area contributed by atoms with E-state index in [0.29, 0.717) is 18.5 Å². The molecule has 5 heteroatoms. The summed E-state index contributed by atoms with van der Waals surface area (Å²) in [4.78, 5) is 8.63. The monoisotopic (exact) mass is 250 g/mol. The quantitative estimate of drug-likeness (QED) is 0.874. The molecule has 0 aliphatic carbocycles. The summed E-state index contributed by atoms with van der Waals surface area (Å²) in [6.45, 7) is 7.01. The highest BCUT2D eigenvalue weighted by Gasteiger charge is 2.14. The molecule has 0 saturated carbocycles. The summed E-state index contributed by atoms with van der Waals surface area (Å²) in [5.41, 5.74) is 7.92. The zero-order chi connectivity index (χ0) is 12.4. The molecule has 2 heterocycles. The minimum absolute atomic E-state index is 0.306. The summed E-state index contributed by atoms with van der Waals surface area (Å²) in [6.07, 6.45) is 1.62. The van der Waals surface area contributed by atoms with Crippen LogP contribution in [0, 0.1) is 12.8 Å². The minimum atomic E-state index is 0.306. The Bertz CT molecular complexity index is 508. The molecule has 17 heavy (non-hydrogen) atoms. The summed E-state index contributed by atoms with van der Waals surface area (Å²) in [5, 5.41) is 5.54. The second kappa shape index (κ2) is 4.98. The lowest BCUT2D eigenvalue weighted by molar-refractivity contribution is 0.520. The van der Waals surface area contributed by atoms with Crippen LogP contribution < -0.4 is 11.1 Å². The number of hydrogen-bond acceptors (Lipinski definition) is 5. The number of nitrogens with one attached hydrogen (secondary N) is 1. The van der Waals surface area contributed by atoms with Gasteiger partial charge in [0.15, 0.2) is 0 Å². The molecule has 2 aromatic heterocycles. The normalized spacial score (nSPS) is 14.8. The lowest BCUT2D eigenvalue weighted by atomic mass is 10.0. The van der Waals surface area contributed by atoms with E-state index in [4.69, 9.17) is 5.73 Å². The molecular weight excluding hydrogens is 232 g/mol. The molecular formula is C12H18N4S. The molecule has 3 N–H and O–H groups in total. The van der Waals surface area contributed by atoms with Gasteiger partial charge in [-0.15, -0.1) is 11.3 Å². The average molecular weight is 250 g/mol. The molecule has 2 aromatic rings. The molecule has 0 radical (unpaired) electrons. The lowest BCUT2D eigenvalue weighted by Crippen LogP contribution is -2.29. The molecule has 0 amide bonds. The molecule has 2 rings (SSSR count). The van der Waals surface area contributed by atoms with Gasteiger partial charge < -0.3 is 11.1 Å². The van der Waals surface area contributed by atoms with Gasteiger partial charge >= 0.3 is 0 Å². The first-order valence-electron chi connectivity index (χ1n) is 5.79. The van der Waals surface area contributed by atoms with Crippen LogP contribution in [0.4, 0.5) is 5.82 Å². The fourth-order valence-corrected chi connectivity index (χ4v) is 2.59. The predicted octanol–water partition coefficient (Wildman–Crippen LogP) is 2.39. The number of nitrogens with two attached hydrogens (primary N) is 1. The standard InChI is InChI=1S/C12H18N4S/c1-7(4-13)9(3)16-12-11-10(14-6-15-12)8(2)5-17-11/h5-7,9H,4,13H2,1-3H3,(H,14,15,16). The minimum Gasteiger partial charge on any atom is -0.366 e. The van der Waals surface area contributed by atoms with E-state index in [9.17, 15) is 0 Å². The molecule has 0 saturated heterocycles. The third kappa shape index (κ3) is 2.40. The number of hydrogen-bond donors (Lipinski definition) is 2. The predicted molar refractivity (Wildman–Crippen MR) is 73.5 cm³/mol. The second-order valence-corrected chi connectivity index (χ2v) is 5.34. The first-order chi connectivity index (χ1) is 8.13. The van der Waals surface area contributed by atoms with Crippen molar-refractivity contribution in [3.63, 3.8) is 0 Å². The van der Waals surface area contributed by atoms with E-state index in [-0.39, 0.29) is 0 Å². The van der Waals surface area contributed by atoms with Crippen molar-refractivity contribution in [1.29, 1.82) is 0 Å². The van der Waals surface area contributed by atoms with Crippen molar-refractivity contribution >= 4 is 27.4 Å². The summed E-state index contributed by atoms with van der Waals surface area (Å²) in [6, 6.07) is 0.306. The van der Waals surface area contributed by atoms with Crippen LogP contribution in [-0.4, -0.2) is 22.6 Å². The maximum Gasteiger partial charge on any atom is 0.147 e. The summed E-state index contributed by atoms with van der Waals surface area (Å²) >= 11 is 1.68. The Morgan fingerprint density at radius 2 is 2.18 bits per heavy atom. The Morgan fingerprint density at radius 3 is 2.88 bits per heavy atom. The number of aromatic nitrogens is 2. The Morgan fingerprint density at radius 1 is 1.41 bits per heavy atom. The second-order valence-electron chi connectivity index (χ2n) is 4.46. The van der Waals surface area contributed by atoms with E-state index < -0.39 is 0 Å². The number of rotatable bonds is 4. The van der Waals surface area contributed by atoms with Gasteiger partial charge in [0.1, 0.15) is 12.1 Å². The van der Waals surface area contributed by atoms with Gasteiger partial charge in [-0.25, -0.2) is 9.97 Å². The Kier molecular flexibility index (Phi) is 3.59. The number of thiophene rings is 1. The topological polar surface area (TPSA) is 63.8 Å². The maximum absolute atomic E-state index is 5.67. The van der Waals surface area contributed by atoms with Gasteiger partial charge in [-0.1, -0.05) is 6.92 Å². The molecule has 0 spiro atoms. The van der Waals surface area contributed by atoms with E-state index in [2.05, 4.69) is 41.4 Å². The highest BCUT2D eigenvalue weighted by Crippen LogP contribution is 2.29. The summed E-state index contributed by atoms with van der Waals surface area (Å²) in [7, 11) is 0. The van der Waals surface area contributed by atoms with Crippen molar-refractivity contribution in [2.75, 3.05) is 11.9 Å². The van der Waals surface area contributed by atoms with Crippen LogP contribution in [0.2, 0.25) is 0 Å². The van der Waals surface area contributed by atoms with Crippen LogP contribution in [-0.2, 0) is 0 Å². The van der Waals surface area contributed by atoms with E-state index in [1.165, 1.54) is 5.56 Å². The van der Waals surface area contributed by atoms with Crippen molar-refractivity contribution in [3.05, 3.63) is 17.3 Å². The first kappa shape index (κ1) is 12.3. The third-order valence-electron chi connectivity index (χ3n) is 3.12. The molecule has 2 atom stereocenters. The Labute approximate surface area is 105 Å². The van der Waals surface area contributed by atoms with Gasteiger partial charge in [0.05, 0.1) is 10.2 Å². The van der Waals surface area contributed by atoms with Crippen LogP contribution in [0.25, 0.3) is 10.2 Å². The van der Waals surface area contributed by atoms with Gasteiger partial charge in [-0.3, -0.25) is 0 Å². The van der Waals surface area contributed by atoms with Crippen LogP contribution in [0.3, 0.4) is 0 Å². The number of aryl methyl sites for hydroxylation is 1. The first-order valence-corrected chi connectivity index (χ1v) is 6.66. The van der Waals surface area contributed by atoms with Crippen molar-refractivity contribution in [1.82, 2.24) is 9.97 Å². The van der Waals surface area contributed by atoms with Gasteiger partial charge in [0.25, 0.3) is 0 Å². The van der Waals surface area contributed by atoms with E-state index in [1.54, 1.807) is 17.7 Å². The molecule has 0 aromatic carbocycles. The van der Waals surface area contributed by atoms with Crippen molar-refractivity contribution in [2.24, 2.45) is 11.7 Å². The molecule has 0 aliphatic rings. The highest BCUT2D eigenvalue weighted by atomic mass is 32.1. The van der Waals surface area contributed by atoms with Gasteiger partial charge in [0, 0.05) is 6.04 Å². The SMILES string of the molecule is Cc1csc2c(NC(C)C(C)CN)ncnc12. The smallest absolute Gasteiger partial charge is 0.147 e. The zero-order valence-corrected chi connectivity index (χ0v) is 11.2. The summed E-state index contributed by atoms with van der Waals surface area (Å²) in [5.74, 6) is 1.34. The largest absolute Gasteiger partial charge is 0.366 e. The van der Waals surface area contributed by atoms with Crippen LogP contribution in [0.1, 0.15) is 19.4 Å². The fraction of sp³-hybridized carbons (Fsp3) is 0.500. The van der Waals surface area contributed by atoms with E-state index in [0.717, 1.165) is 16.0 Å². The molecule has 4 nitrogen and oxygen atoms in total. The van der Waals surface area contributed by atoms with Gasteiger partial charge in [0.2, 0.25) is 0 Å². The van der Waals surface area contributed by atoms with Crippen LogP contribution >= 0.6 is 11.3 Å². The number of fused-ring (bicyclic) bond motifs is 1. The maximum atomic E-state index is 5.67. The molecule has 0 fully saturated rings. The van der Waals surface area contributed by atoms with E-state index in [1.807, 2.05) is 0 Å². The summed E-state index contributed by atoms with van der Waals surface area (Å²) < 4.78 is 1.13. The van der Waals surface area contributed by atoms with Gasteiger partial charge in [-0.2, -0.15) is 0 Å². The molecule has 0 bridgehead atoms. The molecule has 0 aliphatic heterocycles. The van der Waals surface area contributed by atoms with Gasteiger partial charge in [-0.05, 0) is 37.3 Å². The average Bonchev–Trinajstić information content (AvgIpc) is 2.71. The van der Waals surface area contributed by atoms with E-state index >= 15 is 0 Å². The Hall–Kier alpha value is -1.20. The third-order valence-corrected chi connectivity index (χ3v) is 4.21. The van der Waals surface area contributed by atoms with Crippen molar-refractivity contribution < 1.29 is 0 Å². The van der Waals surface area contributed by atoms with Crippen molar-refractivity contribution in [2.45, 2.75) is 26.8 Å². The lowest BCUT2D eigenvalue weighted by Gasteiger charge is -2.20. The number of anilines is 1. The Balaban J connectivity index is 2.30. The fourth-order valence-electron chi connectivity index (χ4n) is 1.63. The van der Waals surface area contributed by atoms with Crippen molar-refractivity contribution in [3.8, 4) is 0 Å². The van der Waals surface area contributed by atoms with Crippen LogP contribution in [0.5, 0.6) is 0 Å². The zero-order valence-electron chi connectivity index (χ0n) is 10.4. The number of nitrogens with zero attached hydrogens (tertiary/aromatic N) is 2. The highest BCUT2D eigenvalue weighted by molar-refractivity contribution is 7.18. The molecule has 2 unspecified atom stereocenters. The molecule has 92 valence electrons.